The van der Waals surface area contributed by atoms with Gasteiger partial charge in [-0.05, 0) is 40.9 Å². The average molecular weight is 274 g/mol. The Morgan fingerprint density at radius 3 is 2.73 bits per heavy atom. The summed E-state index contributed by atoms with van der Waals surface area (Å²) in [5.74, 6) is 0. The van der Waals surface area contributed by atoms with Crippen LogP contribution in [0.5, 0.6) is 0 Å². The van der Waals surface area contributed by atoms with Crippen LogP contribution in [0.15, 0.2) is 22.9 Å². The first kappa shape index (κ1) is 12.6. The van der Waals surface area contributed by atoms with Crippen molar-refractivity contribution in [1.29, 1.82) is 0 Å². The minimum atomic E-state index is -1.04. The first-order chi connectivity index (χ1) is 6.95. The summed E-state index contributed by atoms with van der Waals surface area (Å²) < 4.78 is 0.878. The molecule has 15 heavy (non-hydrogen) atoms. The topological polar surface area (TPSA) is 53.4 Å². The van der Waals surface area contributed by atoms with Crippen LogP contribution in [0.4, 0.5) is 0 Å². The van der Waals surface area contributed by atoms with E-state index in [4.69, 9.17) is 0 Å². The lowest BCUT2D eigenvalue weighted by Gasteiger charge is -2.27. The normalized spacial score (nSPS) is 17.1. The van der Waals surface area contributed by atoms with Crippen molar-refractivity contribution in [3.63, 3.8) is 0 Å². The van der Waals surface area contributed by atoms with Gasteiger partial charge in [0.2, 0.25) is 0 Å². The lowest BCUT2D eigenvalue weighted by Crippen LogP contribution is -2.39. The van der Waals surface area contributed by atoms with Crippen molar-refractivity contribution in [2.45, 2.75) is 38.4 Å². The van der Waals surface area contributed by atoms with E-state index in [0.29, 0.717) is 12.8 Å². The molecule has 0 bridgehead atoms. The molecule has 0 aliphatic carbocycles. The second-order valence-corrected chi connectivity index (χ2v) is 4.86. The van der Waals surface area contributed by atoms with E-state index in [-0.39, 0.29) is 0 Å². The van der Waals surface area contributed by atoms with E-state index in [1.807, 2.05) is 13.0 Å². The van der Waals surface area contributed by atoms with E-state index in [1.165, 1.54) is 0 Å². The largest absolute Gasteiger partial charge is 0.390 e. The Morgan fingerprint density at radius 2 is 2.20 bits per heavy atom. The SMILES string of the molecule is CCC(C)(O)C(O)Cc1cncc(Br)c1. The van der Waals surface area contributed by atoms with E-state index >= 15 is 0 Å². The van der Waals surface area contributed by atoms with Crippen LogP contribution in [0.1, 0.15) is 25.8 Å². The van der Waals surface area contributed by atoms with Crippen molar-refractivity contribution in [2.75, 3.05) is 0 Å². The smallest absolute Gasteiger partial charge is 0.0878 e. The van der Waals surface area contributed by atoms with Gasteiger partial charge in [0.1, 0.15) is 0 Å². The molecule has 1 aromatic heterocycles. The van der Waals surface area contributed by atoms with Crippen molar-refractivity contribution in [2.24, 2.45) is 0 Å². The Labute approximate surface area is 98.3 Å². The number of aliphatic hydroxyl groups is 2. The highest BCUT2D eigenvalue weighted by atomic mass is 79.9. The Hall–Kier alpha value is -0.450. The van der Waals surface area contributed by atoms with E-state index in [9.17, 15) is 10.2 Å². The molecule has 1 rings (SSSR count). The maximum absolute atomic E-state index is 9.84. The van der Waals surface area contributed by atoms with E-state index in [0.717, 1.165) is 10.0 Å². The van der Waals surface area contributed by atoms with Crippen LogP contribution in [-0.4, -0.2) is 26.9 Å². The molecule has 2 N–H and O–H groups in total. The van der Waals surface area contributed by atoms with Gasteiger partial charge in [0, 0.05) is 23.3 Å². The van der Waals surface area contributed by atoms with Crippen LogP contribution in [-0.2, 0) is 6.42 Å². The second-order valence-electron chi connectivity index (χ2n) is 3.94. The van der Waals surface area contributed by atoms with Gasteiger partial charge >= 0.3 is 0 Å². The van der Waals surface area contributed by atoms with Crippen LogP contribution in [0.3, 0.4) is 0 Å². The minimum absolute atomic E-state index is 0.410. The molecule has 0 saturated carbocycles. The lowest BCUT2D eigenvalue weighted by atomic mass is 9.92. The van der Waals surface area contributed by atoms with Crippen LogP contribution in [0.25, 0.3) is 0 Å². The quantitative estimate of drug-likeness (QED) is 0.881. The fourth-order valence-electron chi connectivity index (χ4n) is 1.25. The molecule has 2 unspecified atom stereocenters. The third-order valence-corrected chi connectivity index (χ3v) is 3.06. The fourth-order valence-corrected chi connectivity index (χ4v) is 1.66. The summed E-state index contributed by atoms with van der Waals surface area (Å²) in [6.45, 7) is 3.49. The molecule has 2 atom stereocenters. The highest BCUT2D eigenvalue weighted by molar-refractivity contribution is 9.10. The third kappa shape index (κ3) is 3.55. The number of hydrogen-bond acceptors (Lipinski definition) is 3. The number of nitrogens with zero attached hydrogens (tertiary/aromatic N) is 1. The maximum atomic E-state index is 9.84. The predicted molar refractivity (Wildman–Crippen MR) is 62.6 cm³/mol. The summed E-state index contributed by atoms with van der Waals surface area (Å²) in [4.78, 5) is 4.01. The maximum Gasteiger partial charge on any atom is 0.0878 e. The first-order valence-electron chi connectivity index (χ1n) is 4.95. The molecule has 0 aliphatic heterocycles. The van der Waals surface area contributed by atoms with Crippen molar-refractivity contribution < 1.29 is 10.2 Å². The van der Waals surface area contributed by atoms with Gasteiger partial charge in [0.05, 0.1) is 11.7 Å². The molecule has 1 heterocycles. The number of hydrogen-bond donors (Lipinski definition) is 2. The lowest BCUT2D eigenvalue weighted by molar-refractivity contribution is -0.0629. The number of pyridine rings is 1. The van der Waals surface area contributed by atoms with Crippen LogP contribution in [0, 0.1) is 0 Å². The summed E-state index contributed by atoms with van der Waals surface area (Å²) in [7, 11) is 0. The molecular formula is C11H16BrNO2. The molecule has 0 radical (unpaired) electrons. The summed E-state index contributed by atoms with van der Waals surface area (Å²) >= 11 is 3.31. The molecule has 0 saturated heterocycles. The number of aromatic nitrogens is 1. The van der Waals surface area contributed by atoms with Gasteiger partial charge in [0.25, 0.3) is 0 Å². The standard InChI is InChI=1S/C11H16BrNO2/c1-3-11(2,15)10(14)5-8-4-9(12)7-13-6-8/h4,6-7,10,14-15H,3,5H2,1-2H3. The second kappa shape index (κ2) is 5.05. The van der Waals surface area contributed by atoms with E-state index in [2.05, 4.69) is 20.9 Å². The third-order valence-electron chi connectivity index (χ3n) is 2.62. The van der Waals surface area contributed by atoms with Gasteiger partial charge in [0.15, 0.2) is 0 Å². The summed E-state index contributed by atoms with van der Waals surface area (Å²) in [6, 6.07) is 1.89. The zero-order chi connectivity index (χ0) is 11.5. The molecule has 84 valence electrons. The molecule has 0 spiro atoms. The monoisotopic (exact) mass is 273 g/mol. The van der Waals surface area contributed by atoms with Crippen molar-refractivity contribution in [3.8, 4) is 0 Å². The highest BCUT2D eigenvalue weighted by Gasteiger charge is 2.28. The molecule has 0 fully saturated rings. The molecule has 4 heteroatoms. The predicted octanol–water partition coefficient (Wildman–Crippen LogP) is 1.91. The zero-order valence-electron chi connectivity index (χ0n) is 8.94. The van der Waals surface area contributed by atoms with Crippen molar-refractivity contribution in [3.05, 3.63) is 28.5 Å². The number of aliphatic hydroxyl groups excluding tert-OH is 1. The summed E-state index contributed by atoms with van der Waals surface area (Å²) in [5, 5.41) is 19.7. The molecule has 1 aromatic rings. The summed E-state index contributed by atoms with van der Waals surface area (Å²) in [5.41, 5.74) is -0.131. The average Bonchev–Trinajstić information content (AvgIpc) is 2.17. The zero-order valence-corrected chi connectivity index (χ0v) is 10.5. The van der Waals surface area contributed by atoms with Crippen molar-refractivity contribution in [1.82, 2.24) is 4.98 Å². The highest BCUT2D eigenvalue weighted by Crippen LogP contribution is 2.19. The molecule has 0 amide bonds. The minimum Gasteiger partial charge on any atom is -0.390 e. The van der Waals surface area contributed by atoms with Crippen LogP contribution in [0.2, 0.25) is 0 Å². The summed E-state index contributed by atoms with van der Waals surface area (Å²) in [6.07, 6.45) is 3.55. The number of rotatable bonds is 4. The van der Waals surface area contributed by atoms with Gasteiger partial charge in [-0.2, -0.15) is 0 Å². The molecular weight excluding hydrogens is 258 g/mol. The Bertz CT molecular complexity index is 328. The Kier molecular flexibility index (Phi) is 4.25. The molecule has 3 nitrogen and oxygen atoms in total. The van der Waals surface area contributed by atoms with Crippen LogP contribution >= 0.6 is 15.9 Å². The Balaban J connectivity index is 2.70. The van der Waals surface area contributed by atoms with Gasteiger partial charge in [-0.3, -0.25) is 4.98 Å². The van der Waals surface area contributed by atoms with Crippen molar-refractivity contribution >= 4 is 15.9 Å². The first-order valence-corrected chi connectivity index (χ1v) is 5.75. The van der Waals surface area contributed by atoms with Crippen LogP contribution < -0.4 is 0 Å². The van der Waals surface area contributed by atoms with E-state index in [1.54, 1.807) is 19.3 Å². The fraction of sp³-hybridized carbons (Fsp3) is 0.545. The van der Waals surface area contributed by atoms with Gasteiger partial charge in [-0.1, -0.05) is 6.92 Å². The van der Waals surface area contributed by atoms with Gasteiger partial charge in [-0.15, -0.1) is 0 Å². The molecule has 0 aromatic carbocycles. The van der Waals surface area contributed by atoms with Gasteiger partial charge < -0.3 is 10.2 Å². The van der Waals surface area contributed by atoms with Gasteiger partial charge in [-0.25, -0.2) is 0 Å². The molecule has 0 aliphatic rings. The van der Waals surface area contributed by atoms with E-state index < -0.39 is 11.7 Å². The number of halogens is 1. The Morgan fingerprint density at radius 1 is 1.53 bits per heavy atom.